The Labute approximate surface area is 122 Å². The van der Waals surface area contributed by atoms with Gasteiger partial charge in [-0.05, 0) is 18.4 Å². The molecule has 3 heteroatoms. The van der Waals surface area contributed by atoms with Crippen LogP contribution in [0.2, 0.25) is 0 Å². The zero-order chi connectivity index (χ0) is 14.3. The lowest BCUT2D eigenvalue weighted by molar-refractivity contribution is -0.00965. The second-order valence-corrected chi connectivity index (χ2v) is 6.40. The Morgan fingerprint density at radius 2 is 2.10 bits per heavy atom. The van der Waals surface area contributed by atoms with E-state index in [9.17, 15) is 0 Å². The summed E-state index contributed by atoms with van der Waals surface area (Å²) in [5, 5.41) is 3.51. The Morgan fingerprint density at radius 3 is 2.80 bits per heavy atom. The van der Waals surface area contributed by atoms with Gasteiger partial charge in [-0.3, -0.25) is 0 Å². The van der Waals surface area contributed by atoms with Crippen LogP contribution in [0.1, 0.15) is 32.3 Å². The van der Waals surface area contributed by atoms with E-state index in [1.807, 2.05) is 6.07 Å². The second-order valence-electron chi connectivity index (χ2n) is 6.40. The highest BCUT2D eigenvalue weighted by molar-refractivity contribution is 5.14. The summed E-state index contributed by atoms with van der Waals surface area (Å²) >= 11 is 0. The minimum atomic E-state index is 0.146. The van der Waals surface area contributed by atoms with Crippen molar-refractivity contribution in [3.05, 3.63) is 35.9 Å². The number of hydrogen-bond donors (Lipinski definition) is 1. The average molecular weight is 277 g/mol. The van der Waals surface area contributed by atoms with Gasteiger partial charge >= 0.3 is 0 Å². The van der Waals surface area contributed by atoms with Gasteiger partial charge in [0.05, 0.1) is 19.3 Å². The molecule has 0 aliphatic carbocycles. The van der Waals surface area contributed by atoms with E-state index < -0.39 is 0 Å². The van der Waals surface area contributed by atoms with Crippen molar-refractivity contribution in [3.63, 3.8) is 0 Å². The predicted molar refractivity (Wildman–Crippen MR) is 81.7 cm³/mol. The van der Waals surface area contributed by atoms with Crippen LogP contribution in [0.4, 0.5) is 0 Å². The maximum Gasteiger partial charge on any atom is 0.0809 e. The first-order chi connectivity index (χ1) is 9.66. The molecule has 0 bridgehead atoms. The number of hydrogen-bond acceptors (Lipinski definition) is 3. The molecule has 1 saturated heterocycles. The summed E-state index contributed by atoms with van der Waals surface area (Å²) < 4.78 is 11.4. The molecule has 112 valence electrons. The Hall–Kier alpha value is -0.900. The van der Waals surface area contributed by atoms with Crippen LogP contribution in [-0.4, -0.2) is 32.5 Å². The van der Waals surface area contributed by atoms with Gasteiger partial charge in [0.25, 0.3) is 0 Å². The van der Waals surface area contributed by atoms with Crippen molar-refractivity contribution < 1.29 is 9.47 Å². The predicted octanol–water partition coefficient (Wildman–Crippen LogP) is 3.00. The van der Waals surface area contributed by atoms with E-state index in [-0.39, 0.29) is 5.41 Å². The molecule has 20 heavy (non-hydrogen) atoms. The molecule has 1 N–H and O–H groups in total. The fourth-order valence-electron chi connectivity index (χ4n) is 2.43. The highest BCUT2D eigenvalue weighted by Crippen LogP contribution is 2.17. The van der Waals surface area contributed by atoms with Crippen molar-refractivity contribution in [2.75, 3.05) is 26.4 Å². The van der Waals surface area contributed by atoms with Gasteiger partial charge in [0.1, 0.15) is 0 Å². The second kappa shape index (κ2) is 7.77. The lowest BCUT2D eigenvalue weighted by Gasteiger charge is -2.25. The zero-order valence-electron chi connectivity index (χ0n) is 12.7. The van der Waals surface area contributed by atoms with Crippen LogP contribution in [0.5, 0.6) is 0 Å². The summed E-state index contributed by atoms with van der Waals surface area (Å²) in [6.45, 7) is 8.75. The summed E-state index contributed by atoms with van der Waals surface area (Å²) in [7, 11) is 0. The Balaban J connectivity index is 1.60. The standard InChI is InChI=1S/C17H27NO2/c1-17(2,14-19-12-16-9-6-10-20-16)13-18-11-15-7-4-3-5-8-15/h3-5,7-8,16,18H,6,9-14H2,1-2H3. The number of benzene rings is 1. The summed E-state index contributed by atoms with van der Waals surface area (Å²) in [6.07, 6.45) is 2.64. The maximum atomic E-state index is 5.82. The summed E-state index contributed by atoms with van der Waals surface area (Å²) in [5.74, 6) is 0. The summed E-state index contributed by atoms with van der Waals surface area (Å²) in [6, 6.07) is 10.5. The normalized spacial score (nSPS) is 19.4. The van der Waals surface area contributed by atoms with E-state index in [4.69, 9.17) is 9.47 Å². The van der Waals surface area contributed by atoms with Crippen molar-refractivity contribution >= 4 is 0 Å². The van der Waals surface area contributed by atoms with E-state index in [0.717, 1.165) is 39.3 Å². The van der Waals surface area contributed by atoms with E-state index in [1.165, 1.54) is 12.0 Å². The molecule has 0 aromatic heterocycles. The van der Waals surface area contributed by atoms with Crippen molar-refractivity contribution in [3.8, 4) is 0 Å². The topological polar surface area (TPSA) is 30.5 Å². The minimum absolute atomic E-state index is 0.146. The van der Waals surface area contributed by atoms with Gasteiger partial charge < -0.3 is 14.8 Å². The van der Waals surface area contributed by atoms with Crippen LogP contribution >= 0.6 is 0 Å². The molecule has 1 atom stereocenters. The zero-order valence-corrected chi connectivity index (χ0v) is 12.7. The van der Waals surface area contributed by atoms with Gasteiger partial charge in [-0.2, -0.15) is 0 Å². The van der Waals surface area contributed by atoms with Crippen molar-refractivity contribution in [2.45, 2.75) is 39.3 Å². The van der Waals surface area contributed by atoms with Crippen molar-refractivity contribution in [1.29, 1.82) is 0 Å². The van der Waals surface area contributed by atoms with Gasteiger partial charge in [0, 0.05) is 25.1 Å². The molecule has 3 nitrogen and oxygen atoms in total. The first kappa shape index (κ1) is 15.5. The van der Waals surface area contributed by atoms with Gasteiger partial charge in [0.15, 0.2) is 0 Å². The van der Waals surface area contributed by atoms with Crippen molar-refractivity contribution in [2.24, 2.45) is 5.41 Å². The molecule has 1 aliphatic rings. The number of ether oxygens (including phenoxy) is 2. The molecule has 0 amide bonds. The smallest absolute Gasteiger partial charge is 0.0809 e. The number of nitrogens with one attached hydrogen (secondary N) is 1. The fraction of sp³-hybridized carbons (Fsp3) is 0.647. The Kier molecular flexibility index (Phi) is 6.02. The lowest BCUT2D eigenvalue weighted by atomic mass is 9.94. The third kappa shape index (κ3) is 5.61. The number of rotatable bonds is 8. The minimum Gasteiger partial charge on any atom is -0.378 e. The first-order valence-corrected chi connectivity index (χ1v) is 7.60. The third-order valence-electron chi connectivity index (χ3n) is 3.60. The van der Waals surface area contributed by atoms with E-state index in [1.54, 1.807) is 0 Å². The molecule has 1 fully saturated rings. The van der Waals surface area contributed by atoms with Gasteiger partial charge in [-0.25, -0.2) is 0 Å². The molecular formula is C17H27NO2. The fourth-order valence-corrected chi connectivity index (χ4v) is 2.43. The summed E-state index contributed by atoms with van der Waals surface area (Å²) in [4.78, 5) is 0. The average Bonchev–Trinajstić information content (AvgIpc) is 2.93. The molecule has 0 saturated carbocycles. The summed E-state index contributed by atoms with van der Waals surface area (Å²) in [5.41, 5.74) is 1.47. The van der Waals surface area contributed by atoms with E-state index >= 15 is 0 Å². The van der Waals surface area contributed by atoms with Crippen molar-refractivity contribution in [1.82, 2.24) is 5.32 Å². The van der Waals surface area contributed by atoms with Gasteiger partial charge in [0.2, 0.25) is 0 Å². The van der Waals surface area contributed by atoms with E-state index in [0.29, 0.717) is 6.10 Å². The van der Waals surface area contributed by atoms with Crippen LogP contribution in [0.15, 0.2) is 30.3 Å². The monoisotopic (exact) mass is 277 g/mol. The SMILES string of the molecule is CC(C)(CNCc1ccccc1)COCC1CCCO1. The molecule has 1 aromatic carbocycles. The molecule has 1 aromatic rings. The molecule has 2 rings (SSSR count). The quantitative estimate of drug-likeness (QED) is 0.792. The molecule has 1 aliphatic heterocycles. The maximum absolute atomic E-state index is 5.82. The van der Waals surface area contributed by atoms with Crippen LogP contribution in [-0.2, 0) is 16.0 Å². The lowest BCUT2D eigenvalue weighted by Crippen LogP contribution is -2.34. The largest absolute Gasteiger partial charge is 0.378 e. The molecule has 1 heterocycles. The van der Waals surface area contributed by atoms with Crippen LogP contribution in [0.3, 0.4) is 0 Å². The molecular weight excluding hydrogens is 250 g/mol. The highest BCUT2D eigenvalue weighted by Gasteiger charge is 2.20. The van der Waals surface area contributed by atoms with Gasteiger partial charge in [-0.1, -0.05) is 44.2 Å². The highest BCUT2D eigenvalue weighted by atomic mass is 16.5. The molecule has 0 spiro atoms. The van der Waals surface area contributed by atoms with Crippen LogP contribution in [0.25, 0.3) is 0 Å². The van der Waals surface area contributed by atoms with Gasteiger partial charge in [-0.15, -0.1) is 0 Å². The third-order valence-corrected chi connectivity index (χ3v) is 3.60. The van der Waals surface area contributed by atoms with Crippen LogP contribution < -0.4 is 5.32 Å². The van der Waals surface area contributed by atoms with E-state index in [2.05, 4.69) is 43.4 Å². The Morgan fingerprint density at radius 1 is 1.30 bits per heavy atom. The van der Waals surface area contributed by atoms with Crippen LogP contribution in [0, 0.1) is 5.41 Å². The molecule has 0 radical (unpaired) electrons. The molecule has 1 unspecified atom stereocenters. The first-order valence-electron chi connectivity index (χ1n) is 7.60. The Bertz CT molecular complexity index is 372.